The molecule has 0 amide bonds. The number of pyridine rings is 2. The van der Waals surface area contributed by atoms with Crippen LogP contribution in [0, 0.1) is 0 Å². The van der Waals surface area contributed by atoms with Gasteiger partial charge in [0.25, 0.3) is 5.56 Å². The Kier molecular flexibility index (Phi) is 5.39. The van der Waals surface area contributed by atoms with Gasteiger partial charge in [-0.2, -0.15) is 0 Å². The fourth-order valence-corrected chi connectivity index (χ4v) is 3.45. The summed E-state index contributed by atoms with van der Waals surface area (Å²) in [6, 6.07) is 3.95. The first-order valence-electron chi connectivity index (χ1n) is 9.70. The standard InChI is InChI=1S/C22H24N6O/c1-3-4-5-6-8-16(2)28-22(29)17-15-24-18-9-10-19(25-21(18)20(17)26-28)27-13-7-11-23-12-14-27/h3-6,8-10,15,23,26H,1-2,7,11-14H2/b5-4-,8-6-. The Morgan fingerprint density at radius 3 is 2.93 bits per heavy atom. The van der Waals surface area contributed by atoms with Crippen molar-refractivity contribution in [3.8, 4) is 0 Å². The second-order valence-corrected chi connectivity index (χ2v) is 6.90. The van der Waals surface area contributed by atoms with Crippen molar-refractivity contribution in [2.75, 3.05) is 31.1 Å². The number of hydrogen-bond donors (Lipinski definition) is 2. The number of nitrogens with zero attached hydrogens (tertiary/aromatic N) is 4. The highest BCUT2D eigenvalue weighted by molar-refractivity contribution is 6.01. The lowest BCUT2D eigenvalue weighted by atomic mass is 10.2. The number of H-pyrrole nitrogens is 1. The van der Waals surface area contributed by atoms with Crippen LogP contribution in [0.25, 0.3) is 27.6 Å². The summed E-state index contributed by atoms with van der Waals surface area (Å²) < 4.78 is 1.42. The number of aromatic nitrogens is 4. The molecule has 1 aliphatic rings. The topological polar surface area (TPSA) is 78.8 Å². The van der Waals surface area contributed by atoms with Crippen molar-refractivity contribution >= 4 is 33.5 Å². The van der Waals surface area contributed by atoms with Crippen molar-refractivity contribution in [3.63, 3.8) is 0 Å². The minimum atomic E-state index is -0.192. The predicted octanol–water partition coefficient (Wildman–Crippen LogP) is 2.84. The van der Waals surface area contributed by atoms with E-state index in [1.807, 2.05) is 24.3 Å². The first-order valence-corrected chi connectivity index (χ1v) is 9.70. The lowest BCUT2D eigenvalue weighted by Gasteiger charge is -2.21. The van der Waals surface area contributed by atoms with Crippen molar-refractivity contribution in [2.45, 2.75) is 6.42 Å². The molecule has 0 spiro atoms. The summed E-state index contributed by atoms with van der Waals surface area (Å²) in [5.74, 6) is 0.900. The number of aromatic amines is 1. The predicted molar refractivity (Wildman–Crippen MR) is 119 cm³/mol. The van der Waals surface area contributed by atoms with E-state index in [1.165, 1.54) is 4.68 Å². The molecule has 0 aliphatic carbocycles. The van der Waals surface area contributed by atoms with Gasteiger partial charge in [-0.15, -0.1) is 0 Å². The Morgan fingerprint density at radius 1 is 1.17 bits per heavy atom. The number of fused-ring (bicyclic) bond motifs is 3. The molecule has 4 heterocycles. The third kappa shape index (κ3) is 3.77. The maximum absolute atomic E-state index is 12.9. The monoisotopic (exact) mass is 388 g/mol. The number of hydrogen-bond acceptors (Lipinski definition) is 5. The van der Waals surface area contributed by atoms with Crippen molar-refractivity contribution in [1.29, 1.82) is 0 Å². The second-order valence-electron chi connectivity index (χ2n) is 6.90. The summed E-state index contributed by atoms with van der Waals surface area (Å²) >= 11 is 0. The number of nitrogens with one attached hydrogen (secondary N) is 2. The molecule has 1 aliphatic heterocycles. The van der Waals surface area contributed by atoms with Crippen molar-refractivity contribution in [2.24, 2.45) is 0 Å². The molecule has 7 heteroatoms. The van der Waals surface area contributed by atoms with E-state index in [2.05, 4.69) is 33.5 Å². The normalized spacial score (nSPS) is 15.5. The van der Waals surface area contributed by atoms with E-state index in [-0.39, 0.29) is 5.56 Å². The van der Waals surface area contributed by atoms with E-state index < -0.39 is 0 Å². The van der Waals surface area contributed by atoms with Gasteiger partial charge in [0, 0.05) is 25.8 Å². The molecular formula is C22H24N6O. The fourth-order valence-electron chi connectivity index (χ4n) is 3.45. The van der Waals surface area contributed by atoms with Gasteiger partial charge in [0.2, 0.25) is 0 Å². The zero-order valence-electron chi connectivity index (χ0n) is 16.3. The molecule has 0 bridgehead atoms. The fraction of sp³-hybridized carbons (Fsp3) is 0.227. The SMILES string of the molecule is C=C/C=C\C=C/C(=C)n1[nH]c2c(cnc3ccc(N4CCCNCC4)nc32)c1=O. The van der Waals surface area contributed by atoms with E-state index in [4.69, 9.17) is 4.98 Å². The Balaban J connectivity index is 1.78. The Bertz CT molecular complexity index is 1180. The van der Waals surface area contributed by atoms with Gasteiger partial charge in [0.15, 0.2) is 0 Å². The van der Waals surface area contributed by atoms with E-state index >= 15 is 0 Å². The Labute approximate surface area is 168 Å². The van der Waals surface area contributed by atoms with Crippen LogP contribution >= 0.6 is 0 Å². The largest absolute Gasteiger partial charge is 0.355 e. The number of allylic oxidation sites excluding steroid dienone is 6. The van der Waals surface area contributed by atoms with Crippen LogP contribution in [-0.2, 0) is 0 Å². The molecule has 7 nitrogen and oxygen atoms in total. The highest BCUT2D eigenvalue weighted by atomic mass is 16.1. The molecule has 1 fully saturated rings. The van der Waals surface area contributed by atoms with Crippen LogP contribution in [-0.4, -0.2) is 45.9 Å². The minimum absolute atomic E-state index is 0.192. The molecule has 0 radical (unpaired) electrons. The molecule has 3 aromatic heterocycles. The Hall–Kier alpha value is -3.45. The molecule has 29 heavy (non-hydrogen) atoms. The van der Waals surface area contributed by atoms with E-state index in [9.17, 15) is 4.79 Å². The van der Waals surface area contributed by atoms with Crippen LogP contribution in [0.3, 0.4) is 0 Å². The van der Waals surface area contributed by atoms with Gasteiger partial charge in [-0.05, 0) is 31.2 Å². The summed E-state index contributed by atoms with van der Waals surface area (Å²) in [6.07, 6.45) is 11.5. The van der Waals surface area contributed by atoms with Crippen molar-refractivity contribution in [3.05, 3.63) is 72.2 Å². The molecule has 0 aromatic carbocycles. The quantitative estimate of drug-likeness (QED) is 0.657. The second kappa shape index (κ2) is 8.28. The summed E-state index contributed by atoms with van der Waals surface area (Å²) in [7, 11) is 0. The van der Waals surface area contributed by atoms with Crippen LogP contribution in [0.4, 0.5) is 5.82 Å². The third-order valence-electron chi connectivity index (χ3n) is 4.95. The lowest BCUT2D eigenvalue weighted by molar-refractivity contribution is 0.724. The summed E-state index contributed by atoms with van der Waals surface area (Å²) in [5.41, 5.74) is 2.45. The van der Waals surface area contributed by atoms with Crippen molar-refractivity contribution < 1.29 is 0 Å². The van der Waals surface area contributed by atoms with Gasteiger partial charge < -0.3 is 10.2 Å². The van der Waals surface area contributed by atoms with E-state index in [0.29, 0.717) is 22.1 Å². The van der Waals surface area contributed by atoms with Gasteiger partial charge in [-0.25, -0.2) is 9.67 Å². The molecule has 2 N–H and O–H groups in total. The molecule has 0 unspecified atom stereocenters. The highest BCUT2D eigenvalue weighted by Gasteiger charge is 2.16. The van der Waals surface area contributed by atoms with E-state index in [1.54, 1.807) is 24.4 Å². The van der Waals surface area contributed by atoms with Crippen LogP contribution in [0.2, 0.25) is 0 Å². The molecule has 3 aromatic rings. The third-order valence-corrected chi connectivity index (χ3v) is 4.95. The van der Waals surface area contributed by atoms with Crippen molar-refractivity contribution in [1.82, 2.24) is 25.1 Å². The molecular weight excluding hydrogens is 364 g/mol. The highest BCUT2D eigenvalue weighted by Crippen LogP contribution is 2.23. The molecule has 0 atom stereocenters. The zero-order chi connectivity index (χ0) is 20.2. The molecule has 4 rings (SSSR count). The lowest BCUT2D eigenvalue weighted by Crippen LogP contribution is -2.28. The molecule has 148 valence electrons. The van der Waals surface area contributed by atoms with Gasteiger partial charge in [0.05, 0.1) is 22.1 Å². The summed E-state index contributed by atoms with van der Waals surface area (Å²) in [6.45, 7) is 11.4. The average Bonchev–Trinajstić information content (AvgIpc) is 2.91. The van der Waals surface area contributed by atoms with Gasteiger partial charge in [0.1, 0.15) is 11.3 Å². The number of anilines is 1. The smallest absolute Gasteiger partial charge is 0.280 e. The van der Waals surface area contributed by atoms with Gasteiger partial charge in [-0.3, -0.25) is 14.9 Å². The van der Waals surface area contributed by atoms with Crippen LogP contribution in [0.1, 0.15) is 6.42 Å². The molecule has 0 saturated carbocycles. The maximum atomic E-state index is 12.9. The first-order chi connectivity index (χ1) is 14.2. The van der Waals surface area contributed by atoms with Crippen LogP contribution in [0.15, 0.2) is 66.7 Å². The summed E-state index contributed by atoms with van der Waals surface area (Å²) in [4.78, 5) is 24.4. The van der Waals surface area contributed by atoms with Crippen LogP contribution < -0.4 is 15.8 Å². The summed E-state index contributed by atoms with van der Waals surface area (Å²) in [5, 5.41) is 7.06. The Morgan fingerprint density at radius 2 is 2.07 bits per heavy atom. The number of rotatable bonds is 5. The zero-order valence-corrected chi connectivity index (χ0v) is 16.3. The minimum Gasteiger partial charge on any atom is -0.355 e. The van der Waals surface area contributed by atoms with Gasteiger partial charge in [-0.1, -0.05) is 37.5 Å². The van der Waals surface area contributed by atoms with E-state index in [0.717, 1.165) is 43.9 Å². The first kappa shape index (κ1) is 18.9. The van der Waals surface area contributed by atoms with Crippen LogP contribution in [0.5, 0.6) is 0 Å². The average molecular weight is 388 g/mol. The maximum Gasteiger partial charge on any atom is 0.280 e. The van der Waals surface area contributed by atoms with Gasteiger partial charge >= 0.3 is 0 Å². The molecule has 1 saturated heterocycles.